The van der Waals surface area contributed by atoms with Crippen LogP contribution in [0.2, 0.25) is 0 Å². The fourth-order valence-corrected chi connectivity index (χ4v) is 3.91. The molecule has 0 aliphatic carbocycles. The Bertz CT molecular complexity index is 1310. The van der Waals surface area contributed by atoms with E-state index in [4.69, 9.17) is 23.7 Å². The molecular formula is C32H33NO5. The Kier molecular flexibility index (Phi) is 9.79. The third-order valence-corrected chi connectivity index (χ3v) is 5.79. The van der Waals surface area contributed by atoms with Crippen molar-refractivity contribution < 1.29 is 23.7 Å². The summed E-state index contributed by atoms with van der Waals surface area (Å²) in [6.45, 7) is 5.00. The van der Waals surface area contributed by atoms with Crippen molar-refractivity contribution in [2.24, 2.45) is 0 Å². The van der Waals surface area contributed by atoms with Crippen LogP contribution in [0.1, 0.15) is 22.3 Å². The van der Waals surface area contributed by atoms with Crippen molar-refractivity contribution >= 4 is 11.4 Å². The molecule has 0 saturated carbocycles. The Morgan fingerprint density at radius 2 is 1.29 bits per heavy atom. The van der Waals surface area contributed by atoms with E-state index in [1.807, 2.05) is 66.7 Å². The van der Waals surface area contributed by atoms with Crippen LogP contribution in [0.5, 0.6) is 17.2 Å². The highest BCUT2D eigenvalue weighted by Gasteiger charge is 2.12. The van der Waals surface area contributed by atoms with Crippen molar-refractivity contribution in [2.75, 3.05) is 33.1 Å². The summed E-state index contributed by atoms with van der Waals surface area (Å²) in [6.07, 6.45) is 0.743. The second-order valence-corrected chi connectivity index (χ2v) is 8.63. The van der Waals surface area contributed by atoms with E-state index in [1.165, 1.54) is 5.56 Å². The van der Waals surface area contributed by atoms with E-state index < -0.39 is 0 Å². The molecule has 4 rings (SSSR count). The number of methoxy groups -OCH3 is 2. The Morgan fingerprint density at radius 1 is 0.658 bits per heavy atom. The number of anilines is 1. The maximum atomic E-state index is 6.24. The lowest BCUT2D eigenvalue weighted by atomic mass is 10.0. The third kappa shape index (κ3) is 7.62. The molecule has 0 aromatic heterocycles. The van der Waals surface area contributed by atoms with Gasteiger partial charge in [0.2, 0.25) is 0 Å². The maximum Gasteiger partial charge on any atom is 0.188 e. The van der Waals surface area contributed by atoms with Crippen molar-refractivity contribution in [1.82, 2.24) is 0 Å². The minimum atomic E-state index is 0.0982. The third-order valence-electron chi connectivity index (χ3n) is 5.79. The van der Waals surface area contributed by atoms with Gasteiger partial charge < -0.3 is 29.0 Å². The molecule has 0 aliphatic heterocycles. The van der Waals surface area contributed by atoms with Gasteiger partial charge in [-0.2, -0.15) is 0 Å². The molecule has 0 radical (unpaired) electrons. The zero-order valence-electron chi connectivity index (χ0n) is 21.8. The van der Waals surface area contributed by atoms with E-state index in [2.05, 4.69) is 42.2 Å². The van der Waals surface area contributed by atoms with Crippen LogP contribution in [0.25, 0.3) is 5.70 Å². The van der Waals surface area contributed by atoms with Crippen molar-refractivity contribution in [3.63, 3.8) is 0 Å². The molecule has 0 unspecified atom stereocenters. The molecule has 0 spiro atoms. The van der Waals surface area contributed by atoms with E-state index in [-0.39, 0.29) is 13.6 Å². The first-order valence-corrected chi connectivity index (χ1v) is 12.3. The predicted molar refractivity (Wildman–Crippen MR) is 151 cm³/mol. The maximum absolute atomic E-state index is 6.24. The highest BCUT2D eigenvalue weighted by atomic mass is 16.7. The summed E-state index contributed by atoms with van der Waals surface area (Å²) in [5.74, 6) is 1.95. The Hall–Kier alpha value is -4.26. The largest absolute Gasteiger partial charge is 0.489 e. The first-order valence-electron chi connectivity index (χ1n) is 12.3. The van der Waals surface area contributed by atoms with E-state index in [0.717, 1.165) is 40.2 Å². The summed E-state index contributed by atoms with van der Waals surface area (Å²) in [7, 11) is 3.14. The molecule has 0 heterocycles. The van der Waals surface area contributed by atoms with E-state index in [9.17, 15) is 0 Å². The first kappa shape index (κ1) is 26.8. The van der Waals surface area contributed by atoms with Crippen LogP contribution in [0, 0.1) is 0 Å². The SMILES string of the molecule is C=C(Nc1ccc(OCOC)c(OCOC)c1)c1ccc(OCc2ccccc2)c(Cc2ccccc2)c1. The number of hydrogen-bond donors (Lipinski definition) is 1. The van der Waals surface area contributed by atoms with Gasteiger partial charge in [0.15, 0.2) is 25.1 Å². The molecule has 6 nitrogen and oxygen atoms in total. The minimum Gasteiger partial charge on any atom is -0.489 e. The number of ether oxygens (including phenoxy) is 5. The average Bonchev–Trinajstić information content (AvgIpc) is 2.96. The van der Waals surface area contributed by atoms with Crippen LogP contribution in [-0.2, 0) is 22.5 Å². The zero-order valence-corrected chi connectivity index (χ0v) is 21.8. The molecule has 0 saturated heterocycles. The van der Waals surface area contributed by atoms with Gasteiger partial charge in [0, 0.05) is 38.1 Å². The van der Waals surface area contributed by atoms with Crippen LogP contribution < -0.4 is 19.5 Å². The molecule has 0 aliphatic rings. The van der Waals surface area contributed by atoms with Gasteiger partial charge >= 0.3 is 0 Å². The van der Waals surface area contributed by atoms with Crippen LogP contribution in [0.15, 0.2) is 104 Å². The molecule has 1 N–H and O–H groups in total. The summed E-state index contributed by atoms with van der Waals surface area (Å²) in [6, 6.07) is 32.2. The molecule has 4 aromatic carbocycles. The number of hydrogen-bond acceptors (Lipinski definition) is 6. The average molecular weight is 512 g/mol. The Labute approximate surface area is 224 Å². The number of benzene rings is 4. The smallest absolute Gasteiger partial charge is 0.188 e. The van der Waals surface area contributed by atoms with Crippen molar-refractivity contribution in [1.29, 1.82) is 0 Å². The zero-order chi connectivity index (χ0) is 26.6. The summed E-state index contributed by atoms with van der Waals surface area (Å²) in [5.41, 5.74) is 5.93. The van der Waals surface area contributed by atoms with E-state index in [1.54, 1.807) is 14.2 Å². The first-order chi connectivity index (χ1) is 18.7. The van der Waals surface area contributed by atoms with Gasteiger partial charge in [0.05, 0.1) is 0 Å². The number of nitrogens with one attached hydrogen (secondary N) is 1. The molecule has 0 amide bonds. The Morgan fingerprint density at radius 3 is 1.97 bits per heavy atom. The lowest BCUT2D eigenvalue weighted by Crippen LogP contribution is -2.05. The molecule has 0 bridgehead atoms. The minimum absolute atomic E-state index is 0.0982. The molecule has 0 atom stereocenters. The van der Waals surface area contributed by atoms with Gasteiger partial charge in [-0.25, -0.2) is 0 Å². The second kappa shape index (κ2) is 13.9. The van der Waals surface area contributed by atoms with Crippen LogP contribution in [-0.4, -0.2) is 27.8 Å². The molecule has 0 fully saturated rings. The monoisotopic (exact) mass is 511 g/mol. The van der Waals surface area contributed by atoms with E-state index in [0.29, 0.717) is 18.1 Å². The highest BCUT2D eigenvalue weighted by Crippen LogP contribution is 2.33. The summed E-state index contributed by atoms with van der Waals surface area (Å²) in [5, 5.41) is 3.38. The van der Waals surface area contributed by atoms with Gasteiger partial charge in [-0.1, -0.05) is 67.2 Å². The molecule has 4 aromatic rings. The summed E-state index contributed by atoms with van der Waals surface area (Å²) >= 11 is 0. The Balaban J connectivity index is 1.54. The predicted octanol–water partition coefficient (Wildman–Crippen LogP) is 6.90. The van der Waals surface area contributed by atoms with Gasteiger partial charge in [-0.15, -0.1) is 0 Å². The topological polar surface area (TPSA) is 58.2 Å². The van der Waals surface area contributed by atoms with E-state index >= 15 is 0 Å². The molecule has 38 heavy (non-hydrogen) atoms. The fourth-order valence-electron chi connectivity index (χ4n) is 3.91. The van der Waals surface area contributed by atoms with Crippen molar-refractivity contribution in [2.45, 2.75) is 13.0 Å². The van der Waals surface area contributed by atoms with Crippen molar-refractivity contribution in [3.8, 4) is 17.2 Å². The van der Waals surface area contributed by atoms with Crippen molar-refractivity contribution in [3.05, 3.63) is 126 Å². The summed E-state index contributed by atoms with van der Waals surface area (Å²) in [4.78, 5) is 0. The van der Waals surface area contributed by atoms with Crippen LogP contribution >= 0.6 is 0 Å². The fraction of sp³-hybridized carbons (Fsp3) is 0.188. The highest BCUT2D eigenvalue weighted by molar-refractivity contribution is 5.77. The second-order valence-electron chi connectivity index (χ2n) is 8.63. The lowest BCUT2D eigenvalue weighted by Gasteiger charge is -2.17. The van der Waals surface area contributed by atoms with Gasteiger partial charge in [-0.05, 0) is 52.6 Å². The molecule has 6 heteroatoms. The molecular weight excluding hydrogens is 478 g/mol. The van der Waals surface area contributed by atoms with Gasteiger partial charge in [0.1, 0.15) is 12.4 Å². The quantitative estimate of drug-likeness (QED) is 0.186. The standard InChI is InChI=1S/C32H33NO5/c1-24(33-29-15-17-31(37-22-34-2)32(20-29)38-23-35-3)27-14-16-30(36-21-26-12-8-5-9-13-26)28(19-27)18-25-10-6-4-7-11-25/h4-17,19-20,33H,1,18,21-23H2,2-3H3. The van der Waals surface area contributed by atoms with Crippen LogP contribution in [0.4, 0.5) is 5.69 Å². The van der Waals surface area contributed by atoms with Crippen LogP contribution in [0.3, 0.4) is 0 Å². The molecule has 196 valence electrons. The van der Waals surface area contributed by atoms with Gasteiger partial charge in [0.25, 0.3) is 0 Å². The normalized spacial score (nSPS) is 10.6. The lowest BCUT2D eigenvalue weighted by molar-refractivity contribution is 0.0323. The van der Waals surface area contributed by atoms with Gasteiger partial charge in [-0.3, -0.25) is 0 Å². The number of rotatable bonds is 14. The summed E-state index contributed by atoms with van der Waals surface area (Å²) < 4.78 is 27.6.